The molecule has 1 unspecified atom stereocenters. The number of rotatable bonds is 7. The normalized spacial score (nSPS) is 11.0. The fourth-order valence-corrected chi connectivity index (χ4v) is 2.06. The van der Waals surface area contributed by atoms with Crippen LogP contribution in [0.15, 0.2) is 85.2 Å². The van der Waals surface area contributed by atoms with Crippen LogP contribution in [0.5, 0.6) is 0 Å². The van der Waals surface area contributed by atoms with Gasteiger partial charge in [0, 0.05) is 19.0 Å². The van der Waals surface area contributed by atoms with Crippen molar-refractivity contribution in [1.82, 2.24) is 5.32 Å². The minimum Gasteiger partial charge on any atom is -0.403 e. The number of hydrogen-bond acceptors (Lipinski definition) is 4. The number of amides is 1. The highest BCUT2D eigenvalue weighted by molar-refractivity contribution is 5.48. The summed E-state index contributed by atoms with van der Waals surface area (Å²) >= 11 is 0. The van der Waals surface area contributed by atoms with E-state index in [1.54, 1.807) is 13.2 Å². The number of allylic oxidation sites excluding steroid dienone is 1. The predicted molar refractivity (Wildman–Crippen MR) is 113 cm³/mol. The molecular weight excluding hydrogens is 338 g/mol. The number of nitrogens with two attached hydrogens (primary N) is 2. The van der Waals surface area contributed by atoms with Crippen molar-refractivity contribution in [3.8, 4) is 0 Å². The fourth-order valence-electron chi connectivity index (χ4n) is 2.06. The van der Waals surface area contributed by atoms with Gasteiger partial charge in [0.15, 0.2) is 0 Å². The molecule has 0 heterocycles. The summed E-state index contributed by atoms with van der Waals surface area (Å²) in [7, 11) is 1.70. The van der Waals surface area contributed by atoms with Gasteiger partial charge in [-0.3, -0.25) is 4.79 Å². The molecule has 5 heteroatoms. The Labute approximate surface area is 162 Å². The lowest BCUT2D eigenvalue weighted by atomic mass is 10.0. The number of benzene rings is 2. The lowest BCUT2D eigenvalue weighted by Crippen LogP contribution is -2.35. The first kappa shape index (κ1) is 23.9. The molecular formula is C22H31N3O2. The Morgan fingerprint density at radius 2 is 1.59 bits per heavy atom. The maximum absolute atomic E-state index is 10.4. The van der Waals surface area contributed by atoms with Gasteiger partial charge in [-0.25, -0.2) is 0 Å². The third-order valence-electron chi connectivity index (χ3n) is 3.30. The van der Waals surface area contributed by atoms with E-state index in [2.05, 4.69) is 11.9 Å². The van der Waals surface area contributed by atoms with E-state index in [-0.39, 0.29) is 6.04 Å². The lowest BCUT2D eigenvalue weighted by Gasteiger charge is -2.16. The summed E-state index contributed by atoms with van der Waals surface area (Å²) in [4.78, 5) is 10.4. The van der Waals surface area contributed by atoms with Crippen molar-refractivity contribution >= 4 is 6.41 Å². The molecule has 5 nitrogen and oxygen atoms in total. The maximum atomic E-state index is 10.4. The SMILES string of the molecule is C=CC.COCc1ccccc1.N/C=C(\N)C(Cc1ccccc1)NC=O. The zero-order chi connectivity index (χ0) is 20.3. The highest BCUT2D eigenvalue weighted by Crippen LogP contribution is 2.06. The van der Waals surface area contributed by atoms with Gasteiger partial charge in [0.25, 0.3) is 0 Å². The maximum Gasteiger partial charge on any atom is 0.207 e. The highest BCUT2D eigenvalue weighted by atomic mass is 16.5. The van der Waals surface area contributed by atoms with Crippen LogP contribution in [-0.4, -0.2) is 19.6 Å². The first-order valence-corrected chi connectivity index (χ1v) is 8.63. The summed E-state index contributed by atoms with van der Waals surface area (Å²) in [5.41, 5.74) is 13.8. The van der Waals surface area contributed by atoms with Crippen LogP contribution in [0.25, 0.3) is 0 Å². The van der Waals surface area contributed by atoms with Gasteiger partial charge in [-0.1, -0.05) is 66.7 Å². The molecule has 0 spiro atoms. The number of nitrogens with one attached hydrogen (secondary N) is 1. The zero-order valence-corrected chi connectivity index (χ0v) is 16.2. The van der Waals surface area contributed by atoms with E-state index in [4.69, 9.17) is 16.2 Å². The molecule has 1 atom stereocenters. The van der Waals surface area contributed by atoms with Crippen molar-refractivity contribution in [2.24, 2.45) is 11.5 Å². The second-order valence-electron chi connectivity index (χ2n) is 5.52. The van der Waals surface area contributed by atoms with Gasteiger partial charge in [-0.05, 0) is 24.5 Å². The van der Waals surface area contributed by atoms with Crippen molar-refractivity contribution in [3.63, 3.8) is 0 Å². The van der Waals surface area contributed by atoms with Crippen LogP contribution in [0.3, 0.4) is 0 Å². The first-order valence-electron chi connectivity index (χ1n) is 8.63. The molecule has 0 bridgehead atoms. The van der Waals surface area contributed by atoms with E-state index in [9.17, 15) is 4.79 Å². The molecule has 0 aromatic heterocycles. The average molecular weight is 370 g/mol. The molecule has 0 radical (unpaired) electrons. The van der Waals surface area contributed by atoms with Crippen molar-refractivity contribution in [2.45, 2.75) is 26.0 Å². The topological polar surface area (TPSA) is 90.4 Å². The Morgan fingerprint density at radius 1 is 1.11 bits per heavy atom. The van der Waals surface area contributed by atoms with Gasteiger partial charge in [0.05, 0.1) is 12.6 Å². The smallest absolute Gasteiger partial charge is 0.207 e. The summed E-state index contributed by atoms with van der Waals surface area (Å²) in [5, 5.41) is 2.63. The van der Waals surface area contributed by atoms with Crippen LogP contribution >= 0.6 is 0 Å². The van der Waals surface area contributed by atoms with Crippen molar-refractivity contribution in [3.05, 3.63) is 96.3 Å². The molecule has 0 saturated carbocycles. The quantitative estimate of drug-likeness (QED) is 0.517. The van der Waals surface area contributed by atoms with Gasteiger partial charge in [-0.2, -0.15) is 0 Å². The number of methoxy groups -OCH3 is 1. The van der Waals surface area contributed by atoms with E-state index >= 15 is 0 Å². The Morgan fingerprint density at radius 3 is 2.00 bits per heavy atom. The number of hydrogen-bond donors (Lipinski definition) is 3. The molecule has 5 N–H and O–H groups in total. The lowest BCUT2D eigenvalue weighted by molar-refractivity contribution is -0.109. The summed E-state index contributed by atoms with van der Waals surface area (Å²) in [6, 6.07) is 19.6. The minimum atomic E-state index is -0.241. The highest BCUT2D eigenvalue weighted by Gasteiger charge is 2.10. The second-order valence-corrected chi connectivity index (χ2v) is 5.52. The standard InChI is InChI=1S/C11H15N3O.C8H10O.C3H6/c12-7-10(13)11(14-8-15)6-9-4-2-1-3-5-9;1-9-7-8-5-3-2-4-6-8;1-3-2/h1-5,7-8,11H,6,12-13H2,(H,14,15);2-6H,7H2,1H3;3H,1H2,2H3/b10-7-;;. The van der Waals surface area contributed by atoms with Gasteiger partial charge < -0.3 is 21.5 Å². The van der Waals surface area contributed by atoms with Crippen LogP contribution in [0.4, 0.5) is 0 Å². The average Bonchev–Trinajstić information content (AvgIpc) is 2.70. The van der Waals surface area contributed by atoms with Crippen molar-refractivity contribution in [1.29, 1.82) is 0 Å². The van der Waals surface area contributed by atoms with E-state index in [0.29, 0.717) is 25.1 Å². The molecule has 146 valence electrons. The Hall–Kier alpha value is -3.05. The van der Waals surface area contributed by atoms with Gasteiger partial charge >= 0.3 is 0 Å². The largest absolute Gasteiger partial charge is 0.403 e. The number of carbonyl (C=O) groups is 1. The fraction of sp³-hybridized carbons (Fsp3) is 0.227. The van der Waals surface area contributed by atoms with Crippen molar-refractivity contribution < 1.29 is 9.53 Å². The summed E-state index contributed by atoms with van der Waals surface area (Å²) < 4.78 is 4.93. The Kier molecular flexibility index (Phi) is 14.6. The zero-order valence-electron chi connectivity index (χ0n) is 16.2. The number of carbonyl (C=O) groups excluding carboxylic acids is 1. The monoisotopic (exact) mass is 369 g/mol. The molecule has 0 saturated heterocycles. The second kappa shape index (κ2) is 16.4. The molecule has 0 aliphatic heterocycles. The van der Waals surface area contributed by atoms with Crippen LogP contribution in [0.1, 0.15) is 18.1 Å². The molecule has 0 aliphatic rings. The minimum absolute atomic E-state index is 0.241. The third-order valence-corrected chi connectivity index (χ3v) is 3.30. The van der Waals surface area contributed by atoms with Crippen LogP contribution in [0, 0.1) is 0 Å². The van der Waals surface area contributed by atoms with Crippen molar-refractivity contribution in [2.75, 3.05) is 7.11 Å². The Balaban J connectivity index is 0.000000477. The summed E-state index contributed by atoms with van der Waals surface area (Å²) in [6.45, 7) is 5.96. The van der Waals surface area contributed by atoms with Crippen LogP contribution < -0.4 is 16.8 Å². The summed E-state index contributed by atoms with van der Waals surface area (Å²) in [6.07, 6.45) is 4.33. The van der Waals surface area contributed by atoms with E-state index < -0.39 is 0 Å². The predicted octanol–water partition coefficient (Wildman–Crippen LogP) is 3.13. The third kappa shape index (κ3) is 12.0. The Bertz CT molecular complexity index is 643. The van der Waals surface area contributed by atoms with E-state index in [0.717, 1.165) is 5.56 Å². The molecule has 2 rings (SSSR count). The molecule has 1 amide bonds. The molecule has 0 aliphatic carbocycles. The number of ether oxygens (including phenoxy) is 1. The molecule has 27 heavy (non-hydrogen) atoms. The van der Waals surface area contributed by atoms with Crippen LogP contribution in [-0.2, 0) is 22.6 Å². The van der Waals surface area contributed by atoms with E-state index in [1.165, 1.54) is 11.8 Å². The first-order chi connectivity index (χ1) is 13.1. The van der Waals surface area contributed by atoms with Crippen LogP contribution in [0.2, 0.25) is 0 Å². The van der Waals surface area contributed by atoms with Gasteiger partial charge in [0.1, 0.15) is 0 Å². The molecule has 2 aromatic carbocycles. The molecule has 0 fully saturated rings. The molecule has 2 aromatic rings. The van der Waals surface area contributed by atoms with E-state index in [1.807, 2.05) is 67.6 Å². The summed E-state index contributed by atoms with van der Waals surface area (Å²) in [5.74, 6) is 0. The van der Waals surface area contributed by atoms with Gasteiger partial charge in [0.2, 0.25) is 6.41 Å². The van der Waals surface area contributed by atoms with Gasteiger partial charge in [-0.15, -0.1) is 6.58 Å².